The Morgan fingerprint density at radius 1 is 0.917 bits per heavy atom. The Morgan fingerprint density at radius 2 is 1.71 bits per heavy atom. The molecule has 0 radical (unpaired) electrons. The van der Waals surface area contributed by atoms with E-state index in [4.69, 9.17) is 0 Å². The zero-order chi connectivity index (χ0) is 16.8. The molecule has 4 nitrogen and oxygen atoms in total. The van der Waals surface area contributed by atoms with Gasteiger partial charge < -0.3 is 10.6 Å². The van der Waals surface area contributed by atoms with Gasteiger partial charge in [-0.15, -0.1) is 0 Å². The van der Waals surface area contributed by atoms with Gasteiger partial charge in [0, 0.05) is 18.3 Å². The summed E-state index contributed by atoms with van der Waals surface area (Å²) in [5, 5.41) is 6.41. The third-order valence-electron chi connectivity index (χ3n) is 3.50. The van der Waals surface area contributed by atoms with Gasteiger partial charge in [-0.05, 0) is 37.1 Å². The van der Waals surface area contributed by atoms with Crippen molar-refractivity contribution in [2.24, 2.45) is 0 Å². The lowest BCUT2D eigenvalue weighted by Crippen LogP contribution is -2.08. The van der Waals surface area contributed by atoms with Crippen LogP contribution in [0.3, 0.4) is 0 Å². The topological polar surface area (TPSA) is 49.8 Å². The molecule has 1 heterocycles. The molecule has 2 aromatic carbocycles. The van der Waals surface area contributed by atoms with Gasteiger partial charge in [-0.1, -0.05) is 36.4 Å². The molecule has 2 N–H and O–H groups in total. The lowest BCUT2D eigenvalue weighted by atomic mass is 10.1. The number of benzene rings is 2. The third kappa shape index (κ3) is 4.52. The van der Waals surface area contributed by atoms with E-state index in [1.807, 2.05) is 31.2 Å². The fourth-order valence-corrected chi connectivity index (χ4v) is 2.42. The van der Waals surface area contributed by atoms with E-state index in [9.17, 15) is 4.39 Å². The lowest BCUT2D eigenvalue weighted by Gasteiger charge is -2.10. The number of nitrogens with one attached hydrogen (secondary N) is 2. The van der Waals surface area contributed by atoms with E-state index in [2.05, 4.69) is 32.7 Å². The molecule has 0 saturated carbocycles. The third-order valence-corrected chi connectivity index (χ3v) is 3.50. The van der Waals surface area contributed by atoms with Gasteiger partial charge in [-0.2, -0.15) is 0 Å². The van der Waals surface area contributed by atoms with E-state index in [1.54, 1.807) is 12.1 Å². The quantitative estimate of drug-likeness (QED) is 0.709. The number of aromatic nitrogens is 2. The molecule has 24 heavy (non-hydrogen) atoms. The summed E-state index contributed by atoms with van der Waals surface area (Å²) in [5.74, 6) is 1.75. The monoisotopic (exact) mass is 322 g/mol. The predicted molar refractivity (Wildman–Crippen MR) is 95.1 cm³/mol. The van der Waals surface area contributed by atoms with Crippen molar-refractivity contribution in [3.63, 3.8) is 0 Å². The van der Waals surface area contributed by atoms with Crippen LogP contribution >= 0.6 is 0 Å². The second-order valence-corrected chi connectivity index (χ2v) is 5.48. The second kappa shape index (κ2) is 7.55. The van der Waals surface area contributed by atoms with Crippen LogP contribution in [0, 0.1) is 12.7 Å². The minimum absolute atomic E-state index is 0.285. The molecule has 3 aromatic rings. The van der Waals surface area contributed by atoms with Crippen molar-refractivity contribution in [1.82, 2.24) is 9.97 Å². The maximum Gasteiger partial charge on any atom is 0.136 e. The van der Waals surface area contributed by atoms with Gasteiger partial charge in [0.05, 0.1) is 0 Å². The smallest absolute Gasteiger partial charge is 0.136 e. The van der Waals surface area contributed by atoms with Crippen LogP contribution in [0.15, 0.2) is 60.7 Å². The Hall–Kier alpha value is -2.95. The van der Waals surface area contributed by atoms with Crippen LogP contribution in [0.25, 0.3) is 0 Å². The van der Waals surface area contributed by atoms with E-state index in [-0.39, 0.29) is 5.82 Å². The molecule has 5 heteroatoms. The summed E-state index contributed by atoms with van der Waals surface area (Å²) in [6.07, 6.45) is 0.913. The van der Waals surface area contributed by atoms with Crippen LogP contribution in [0.4, 0.5) is 21.7 Å². The van der Waals surface area contributed by atoms with Crippen LogP contribution in [-0.2, 0) is 6.42 Å². The van der Waals surface area contributed by atoms with Gasteiger partial charge in [-0.25, -0.2) is 14.4 Å². The van der Waals surface area contributed by atoms with E-state index >= 15 is 0 Å². The molecule has 0 aliphatic rings. The molecule has 0 bridgehead atoms. The van der Waals surface area contributed by atoms with Crippen LogP contribution in [0.1, 0.15) is 11.4 Å². The van der Waals surface area contributed by atoms with Gasteiger partial charge >= 0.3 is 0 Å². The first-order valence-corrected chi connectivity index (χ1v) is 7.85. The molecule has 0 saturated heterocycles. The van der Waals surface area contributed by atoms with Crippen LogP contribution < -0.4 is 10.6 Å². The van der Waals surface area contributed by atoms with Crippen molar-refractivity contribution in [3.05, 3.63) is 77.9 Å². The zero-order valence-corrected chi connectivity index (χ0v) is 13.5. The molecule has 122 valence electrons. The Kier molecular flexibility index (Phi) is 5.01. The number of hydrogen-bond acceptors (Lipinski definition) is 4. The minimum Gasteiger partial charge on any atom is -0.370 e. The molecule has 3 rings (SSSR count). The predicted octanol–water partition coefficient (Wildman–Crippen LogP) is 4.32. The van der Waals surface area contributed by atoms with Crippen molar-refractivity contribution in [1.29, 1.82) is 0 Å². The van der Waals surface area contributed by atoms with Crippen LogP contribution in [-0.4, -0.2) is 16.5 Å². The normalized spacial score (nSPS) is 10.4. The number of aryl methyl sites for hydroxylation is 1. The maximum absolute atomic E-state index is 13.3. The molecule has 0 fully saturated rings. The first-order chi connectivity index (χ1) is 11.7. The molecule has 0 spiro atoms. The maximum atomic E-state index is 13.3. The second-order valence-electron chi connectivity index (χ2n) is 5.48. The lowest BCUT2D eigenvalue weighted by molar-refractivity contribution is 0.628. The van der Waals surface area contributed by atoms with Gasteiger partial charge in [0.25, 0.3) is 0 Å². The first-order valence-electron chi connectivity index (χ1n) is 7.85. The number of rotatable bonds is 6. The summed E-state index contributed by atoms with van der Waals surface area (Å²) in [6, 6.07) is 18.4. The van der Waals surface area contributed by atoms with E-state index in [1.165, 1.54) is 17.7 Å². The van der Waals surface area contributed by atoms with Crippen molar-refractivity contribution in [2.45, 2.75) is 13.3 Å². The standard InChI is InChI=1S/C19H19FN4/c1-14-22-18(21-11-10-15-6-3-2-4-7-15)13-19(23-14)24-17-9-5-8-16(20)12-17/h2-9,12-13H,10-11H2,1H3,(H2,21,22,23,24). The van der Waals surface area contributed by atoms with Crippen LogP contribution in [0.2, 0.25) is 0 Å². The first kappa shape index (κ1) is 15.9. The molecule has 0 aliphatic heterocycles. The number of halogens is 1. The molecular formula is C19H19FN4. The van der Waals surface area contributed by atoms with Crippen molar-refractivity contribution >= 4 is 17.3 Å². The summed E-state index contributed by atoms with van der Waals surface area (Å²) >= 11 is 0. The zero-order valence-electron chi connectivity index (χ0n) is 13.5. The summed E-state index contributed by atoms with van der Waals surface area (Å²) in [6.45, 7) is 2.61. The largest absolute Gasteiger partial charge is 0.370 e. The van der Waals surface area contributed by atoms with E-state index in [0.717, 1.165) is 18.8 Å². The van der Waals surface area contributed by atoms with Gasteiger partial charge in [-0.3, -0.25) is 0 Å². The highest BCUT2D eigenvalue weighted by Crippen LogP contribution is 2.18. The molecule has 0 unspecified atom stereocenters. The van der Waals surface area contributed by atoms with E-state index < -0.39 is 0 Å². The van der Waals surface area contributed by atoms with Gasteiger partial charge in [0.15, 0.2) is 0 Å². The minimum atomic E-state index is -0.285. The highest BCUT2D eigenvalue weighted by molar-refractivity contribution is 5.59. The van der Waals surface area contributed by atoms with Crippen LogP contribution in [0.5, 0.6) is 0 Å². The molecular weight excluding hydrogens is 303 g/mol. The Balaban J connectivity index is 1.65. The molecule has 1 aromatic heterocycles. The van der Waals surface area contributed by atoms with Crippen molar-refractivity contribution < 1.29 is 4.39 Å². The Morgan fingerprint density at radius 3 is 2.50 bits per heavy atom. The van der Waals surface area contributed by atoms with Gasteiger partial charge in [0.2, 0.25) is 0 Å². The van der Waals surface area contributed by atoms with E-state index in [0.29, 0.717) is 17.3 Å². The average Bonchev–Trinajstić information content (AvgIpc) is 2.55. The summed E-state index contributed by atoms with van der Waals surface area (Å²) in [5.41, 5.74) is 1.93. The Bertz CT molecular complexity index is 805. The highest BCUT2D eigenvalue weighted by Gasteiger charge is 2.03. The number of anilines is 3. The number of hydrogen-bond donors (Lipinski definition) is 2. The average molecular weight is 322 g/mol. The molecule has 0 atom stereocenters. The fourth-order valence-electron chi connectivity index (χ4n) is 2.42. The SMILES string of the molecule is Cc1nc(NCCc2ccccc2)cc(Nc2cccc(F)c2)n1. The summed E-state index contributed by atoms with van der Waals surface area (Å²) in [7, 11) is 0. The fraction of sp³-hybridized carbons (Fsp3) is 0.158. The molecule has 0 aliphatic carbocycles. The van der Waals surface area contributed by atoms with Gasteiger partial charge in [0.1, 0.15) is 23.3 Å². The Labute approximate surface area is 140 Å². The molecule has 0 amide bonds. The van der Waals surface area contributed by atoms with Crippen molar-refractivity contribution in [2.75, 3.05) is 17.2 Å². The summed E-state index contributed by atoms with van der Waals surface area (Å²) < 4.78 is 13.3. The van der Waals surface area contributed by atoms with Crippen molar-refractivity contribution in [3.8, 4) is 0 Å². The highest BCUT2D eigenvalue weighted by atomic mass is 19.1. The number of nitrogens with zero attached hydrogens (tertiary/aromatic N) is 2. The summed E-state index contributed by atoms with van der Waals surface area (Å²) in [4.78, 5) is 8.73.